The quantitative estimate of drug-likeness (QED) is 0.488. The zero-order valence-corrected chi connectivity index (χ0v) is 13.0. The van der Waals surface area contributed by atoms with Crippen LogP contribution < -0.4 is 9.47 Å². The molecular formula is C17H15ClO4. The number of benzene rings is 2. The second-order valence-electron chi connectivity index (χ2n) is 4.76. The van der Waals surface area contributed by atoms with Crippen molar-refractivity contribution < 1.29 is 19.1 Å². The van der Waals surface area contributed by atoms with E-state index in [4.69, 9.17) is 21.1 Å². The third-order valence-corrected chi connectivity index (χ3v) is 3.21. The maximum atomic E-state index is 12.3. The van der Waals surface area contributed by atoms with Crippen molar-refractivity contribution in [2.75, 3.05) is 0 Å². The van der Waals surface area contributed by atoms with Crippen LogP contribution in [-0.4, -0.2) is 11.9 Å². The molecule has 0 heterocycles. The highest BCUT2D eigenvalue weighted by Gasteiger charge is 2.16. The van der Waals surface area contributed by atoms with Gasteiger partial charge in [-0.15, -0.1) is 11.6 Å². The Hall–Kier alpha value is -2.33. The third-order valence-electron chi connectivity index (χ3n) is 2.90. The molecule has 0 radical (unpaired) electrons. The number of hydrogen-bond donors (Lipinski definition) is 0. The van der Waals surface area contributed by atoms with Gasteiger partial charge in [0, 0.05) is 12.8 Å². The molecule has 0 fully saturated rings. The lowest BCUT2D eigenvalue weighted by molar-refractivity contribution is -0.131. The molecule has 0 N–H and O–H groups in total. The Bertz CT molecular complexity index is 692. The predicted molar refractivity (Wildman–Crippen MR) is 83.4 cm³/mol. The van der Waals surface area contributed by atoms with Gasteiger partial charge in [0.15, 0.2) is 0 Å². The topological polar surface area (TPSA) is 52.6 Å². The van der Waals surface area contributed by atoms with E-state index in [9.17, 15) is 9.59 Å². The maximum Gasteiger partial charge on any atom is 0.347 e. The highest BCUT2D eigenvalue weighted by molar-refractivity contribution is 6.17. The molecule has 0 saturated carbocycles. The Balaban J connectivity index is 2.24. The second-order valence-corrected chi connectivity index (χ2v) is 5.03. The molecule has 2 aromatic carbocycles. The Morgan fingerprint density at radius 2 is 1.73 bits per heavy atom. The van der Waals surface area contributed by atoms with E-state index in [2.05, 4.69) is 0 Å². The molecule has 22 heavy (non-hydrogen) atoms. The lowest BCUT2D eigenvalue weighted by Crippen LogP contribution is -2.13. The van der Waals surface area contributed by atoms with Crippen LogP contribution in [0.2, 0.25) is 0 Å². The molecule has 5 heteroatoms. The number of ether oxygens (including phenoxy) is 2. The van der Waals surface area contributed by atoms with Gasteiger partial charge in [0.1, 0.15) is 17.1 Å². The lowest BCUT2D eigenvalue weighted by atomic mass is 10.1. The fourth-order valence-corrected chi connectivity index (χ4v) is 2.03. The van der Waals surface area contributed by atoms with Crippen LogP contribution in [0.1, 0.15) is 28.4 Å². The van der Waals surface area contributed by atoms with Crippen molar-refractivity contribution in [3.8, 4) is 11.5 Å². The summed E-state index contributed by atoms with van der Waals surface area (Å²) in [5, 5.41) is 0. The van der Waals surface area contributed by atoms with Crippen LogP contribution in [0, 0.1) is 6.92 Å². The molecule has 114 valence electrons. The number of aryl methyl sites for hydroxylation is 1. The second kappa shape index (κ2) is 7.09. The summed E-state index contributed by atoms with van der Waals surface area (Å²) >= 11 is 5.71. The number of halogens is 1. The molecule has 0 spiro atoms. The van der Waals surface area contributed by atoms with Gasteiger partial charge >= 0.3 is 11.9 Å². The normalized spacial score (nSPS) is 10.1. The number of rotatable bonds is 4. The van der Waals surface area contributed by atoms with Crippen LogP contribution in [-0.2, 0) is 10.7 Å². The summed E-state index contributed by atoms with van der Waals surface area (Å²) in [6.07, 6.45) is 0. The van der Waals surface area contributed by atoms with Crippen LogP contribution in [0.25, 0.3) is 0 Å². The molecule has 0 aromatic heterocycles. The first-order chi connectivity index (χ1) is 10.5. The average molecular weight is 319 g/mol. The molecule has 0 saturated heterocycles. The van der Waals surface area contributed by atoms with Gasteiger partial charge in [0.05, 0.1) is 0 Å². The van der Waals surface area contributed by atoms with Gasteiger partial charge in [-0.05, 0) is 42.3 Å². The van der Waals surface area contributed by atoms with Crippen LogP contribution in [0.5, 0.6) is 11.5 Å². The Labute approximate surface area is 133 Å². The zero-order valence-electron chi connectivity index (χ0n) is 12.3. The minimum Gasteiger partial charge on any atom is -0.426 e. The molecule has 0 unspecified atom stereocenters. The van der Waals surface area contributed by atoms with E-state index >= 15 is 0 Å². The minimum absolute atomic E-state index is 0.181. The molecule has 0 bridgehead atoms. The first-order valence-corrected chi connectivity index (χ1v) is 7.19. The van der Waals surface area contributed by atoms with Gasteiger partial charge in [-0.3, -0.25) is 4.79 Å². The Morgan fingerprint density at radius 3 is 2.32 bits per heavy atom. The molecule has 2 rings (SSSR count). The highest BCUT2D eigenvalue weighted by Crippen LogP contribution is 2.23. The van der Waals surface area contributed by atoms with E-state index in [1.807, 2.05) is 6.92 Å². The molecule has 0 aliphatic carbocycles. The Morgan fingerprint density at radius 1 is 1.05 bits per heavy atom. The monoisotopic (exact) mass is 318 g/mol. The number of esters is 2. The van der Waals surface area contributed by atoms with E-state index in [0.29, 0.717) is 11.6 Å². The largest absolute Gasteiger partial charge is 0.426 e. The summed E-state index contributed by atoms with van der Waals surface area (Å²) in [6.45, 7) is 3.11. The first kappa shape index (κ1) is 16.0. The summed E-state index contributed by atoms with van der Waals surface area (Å²) in [4.78, 5) is 23.4. The molecule has 0 aliphatic rings. The van der Waals surface area contributed by atoms with E-state index in [-0.39, 0.29) is 11.3 Å². The fraction of sp³-hybridized carbons (Fsp3) is 0.176. The van der Waals surface area contributed by atoms with Crippen molar-refractivity contribution in [3.63, 3.8) is 0 Å². The number of alkyl halides is 1. The summed E-state index contributed by atoms with van der Waals surface area (Å²) in [5.74, 6) is -0.111. The SMILES string of the molecule is CC(=O)Oc1ccc(C)cc1C(=O)Oc1ccc(CCl)cc1. The molecule has 2 aromatic rings. The van der Waals surface area contributed by atoms with Gasteiger partial charge < -0.3 is 9.47 Å². The summed E-state index contributed by atoms with van der Waals surface area (Å²) in [6, 6.07) is 11.8. The fourth-order valence-electron chi connectivity index (χ4n) is 1.86. The molecular weight excluding hydrogens is 304 g/mol. The molecule has 0 amide bonds. The van der Waals surface area contributed by atoms with E-state index in [1.54, 1.807) is 42.5 Å². The van der Waals surface area contributed by atoms with Crippen LogP contribution in [0.3, 0.4) is 0 Å². The van der Waals surface area contributed by atoms with Crippen molar-refractivity contribution in [1.82, 2.24) is 0 Å². The maximum absolute atomic E-state index is 12.3. The predicted octanol–water partition coefficient (Wildman–Crippen LogP) is 3.88. The number of carbonyl (C=O) groups excluding carboxylic acids is 2. The van der Waals surface area contributed by atoms with E-state index in [0.717, 1.165) is 11.1 Å². The van der Waals surface area contributed by atoms with Crippen molar-refractivity contribution >= 4 is 23.5 Å². The zero-order chi connectivity index (χ0) is 16.1. The number of carbonyl (C=O) groups is 2. The van der Waals surface area contributed by atoms with Crippen molar-refractivity contribution in [3.05, 3.63) is 59.2 Å². The third kappa shape index (κ3) is 4.09. The van der Waals surface area contributed by atoms with Crippen LogP contribution in [0.15, 0.2) is 42.5 Å². The van der Waals surface area contributed by atoms with Crippen molar-refractivity contribution in [1.29, 1.82) is 0 Å². The highest BCUT2D eigenvalue weighted by atomic mass is 35.5. The Kier molecular flexibility index (Phi) is 5.17. The van der Waals surface area contributed by atoms with E-state index < -0.39 is 11.9 Å². The smallest absolute Gasteiger partial charge is 0.347 e. The summed E-state index contributed by atoms with van der Waals surface area (Å²) < 4.78 is 10.3. The van der Waals surface area contributed by atoms with Gasteiger partial charge in [0.25, 0.3) is 0 Å². The minimum atomic E-state index is -0.585. The van der Waals surface area contributed by atoms with Crippen molar-refractivity contribution in [2.24, 2.45) is 0 Å². The molecule has 4 nitrogen and oxygen atoms in total. The first-order valence-electron chi connectivity index (χ1n) is 6.65. The number of hydrogen-bond acceptors (Lipinski definition) is 4. The van der Waals surface area contributed by atoms with Gasteiger partial charge in [-0.2, -0.15) is 0 Å². The summed E-state index contributed by atoms with van der Waals surface area (Å²) in [5.41, 5.74) is 1.99. The van der Waals surface area contributed by atoms with Gasteiger partial charge in [-0.1, -0.05) is 18.2 Å². The van der Waals surface area contributed by atoms with Gasteiger partial charge in [-0.25, -0.2) is 4.79 Å². The van der Waals surface area contributed by atoms with Crippen LogP contribution >= 0.6 is 11.6 Å². The van der Waals surface area contributed by atoms with Crippen molar-refractivity contribution in [2.45, 2.75) is 19.7 Å². The van der Waals surface area contributed by atoms with Crippen LogP contribution in [0.4, 0.5) is 0 Å². The van der Waals surface area contributed by atoms with E-state index in [1.165, 1.54) is 6.92 Å². The molecule has 0 atom stereocenters. The standard InChI is InChI=1S/C17H15ClO4/c1-11-3-8-16(21-12(2)19)15(9-11)17(20)22-14-6-4-13(10-18)5-7-14/h3-9H,10H2,1-2H3. The van der Waals surface area contributed by atoms with Gasteiger partial charge in [0.2, 0.25) is 0 Å². The summed E-state index contributed by atoms with van der Waals surface area (Å²) in [7, 11) is 0. The average Bonchev–Trinajstić information content (AvgIpc) is 2.49. The lowest BCUT2D eigenvalue weighted by Gasteiger charge is -2.10. The molecule has 0 aliphatic heterocycles.